The molecular weight excluding hydrogens is 414 g/mol. The molecule has 4 heterocycles. The number of pyridine rings is 1. The number of carbonyl (C=O) groups excluding carboxylic acids is 1. The molecule has 0 aliphatic carbocycles. The zero-order valence-corrected chi connectivity index (χ0v) is 17.6. The van der Waals surface area contributed by atoms with Crippen LogP contribution in [0.3, 0.4) is 0 Å². The number of nitrogens with one attached hydrogen (secondary N) is 1. The van der Waals surface area contributed by atoms with Crippen molar-refractivity contribution in [3.63, 3.8) is 0 Å². The largest absolute Gasteiger partial charge is 0.486 e. The van der Waals surface area contributed by atoms with Crippen molar-refractivity contribution in [2.24, 2.45) is 0 Å². The molecule has 0 fully saturated rings. The number of thiazole rings is 1. The second kappa shape index (κ2) is 8.19. The maximum atomic E-state index is 12.9. The van der Waals surface area contributed by atoms with Gasteiger partial charge in [0.25, 0.3) is 5.91 Å². The lowest BCUT2D eigenvalue weighted by Crippen LogP contribution is -2.15. The number of aromatic nitrogens is 4. The molecular formula is C22H19N5O3S. The van der Waals surface area contributed by atoms with E-state index < -0.39 is 0 Å². The highest BCUT2D eigenvalue weighted by Crippen LogP contribution is 2.35. The summed E-state index contributed by atoms with van der Waals surface area (Å²) in [4.78, 5) is 21.8. The van der Waals surface area contributed by atoms with Crippen LogP contribution in [-0.4, -0.2) is 38.9 Å². The van der Waals surface area contributed by atoms with E-state index in [4.69, 9.17) is 9.47 Å². The number of hydrogen-bond acceptors (Lipinski definition) is 7. The molecule has 1 aliphatic heterocycles. The average Bonchev–Trinajstić information content (AvgIpc) is 3.46. The summed E-state index contributed by atoms with van der Waals surface area (Å²) in [6.07, 6.45) is 3.91. The maximum absolute atomic E-state index is 12.9. The standard InChI is InChI=1S/C22H19N5O3S/c1-2-17-15(12-24-27(17)20-5-3-4-8-23-20)21(28)26-22-25-16(13-31-22)14-6-7-18-19(11-14)30-10-9-29-18/h3-8,11-13H,2,9-10H2,1H3,(H,25,26,28). The van der Waals surface area contributed by atoms with Gasteiger partial charge in [-0.25, -0.2) is 14.6 Å². The van der Waals surface area contributed by atoms with Gasteiger partial charge in [0, 0.05) is 17.1 Å². The van der Waals surface area contributed by atoms with Crippen LogP contribution in [-0.2, 0) is 6.42 Å². The number of fused-ring (bicyclic) bond motifs is 1. The van der Waals surface area contributed by atoms with E-state index in [2.05, 4.69) is 20.4 Å². The SMILES string of the molecule is CCc1c(C(=O)Nc2nc(-c3ccc4c(c3)OCCO4)cs2)cnn1-c1ccccn1. The van der Waals surface area contributed by atoms with Gasteiger partial charge in [0.15, 0.2) is 22.4 Å². The number of anilines is 1. The van der Waals surface area contributed by atoms with Gasteiger partial charge in [-0.05, 0) is 36.8 Å². The van der Waals surface area contributed by atoms with Gasteiger partial charge in [-0.15, -0.1) is 11.3 Å². The molecule has 0 saturated carbocycles. The summed E-state index contributed by atoms with van der Waals surface area (Å²) >= 11 is 1.37. The zero-order chi connectivity index (χ0) is 21.2. The minimum atomic E-state index is -0.248. The average molecular weight is 433 g/mol. The van der Waals surface area contributed by atoms with E-state index in [9.17, 15) is 4.79 Å². The Labute approximate surface area is 182 Å². The molecule has 1 aromatic carbocycles. The molecule has 0 radical (unpaired) electrons. The second-order valence-corrected chi connectivity index (χ2v) is 7.67. The van der Waals surface area contributed by atoms with Crippen LogP contribution in [0.5, 0.6) is 11.5 Å². The van der Waals surface area contributed by atoms with Gasteiger partial charge >= 0.3 is 0 Å². The van der Waals surface area contributed by atoms with Gasteiger partial charge in [-0.1, -0.05) is 13.0 Å². The number of rotatable bonds is 5. The van der Waals surface area contributed by atoms with Crippen LogP contribution in [0.15, 0.2) is 54.2 Å². The van der Waals surface area contributed by atoms with Crippen molar-refractivity contribution < 1.29 is 14.3 Å². The van der Waals surface area contributed by atoms with E-state index in [0.717, 1.165) is 22.7 Å². The lowest BCUT2D eigenvalue weighted by molar-refractivity contribution is 0.102. The van der Waals surface area contributed by atoms with Crippen molar-refractivity contribution in [2.75, 3.05) is 18.5 Å². The topological polar surface area (TPSA) is 91.2 Å². The smallest absolute Gasteiger partial charge is 0.260 e. The number of carbonyl (C=O) groups is 1. The van der Waals surface area contributed by atoms with E-state index in [1.165, 1.54) is 11.3 Å². The fourth-order valence-electron chi connectivity index (χ4n) is 3.41. The van der Waals surface area contributed by atoms with Gasteiger partial charge in [-0.3, -0.25) is 10.1 Å². The first kappa shape index (κ1) is 19.3. The molecule has 8 nitrogen and oxygen atoms in total. The zero-order valence-electron chi connectivity index (χ0n) is 16.7. The summed E-state index contributed by atoms with van der Waals surface area (Å²) in [6, 6.07) is 11.3. The minimum Gasteiger partial charge on any atom is -0.486 e. The molecule has 9 heteroatoms. The van der Waals surface area contributed by atoms with E-state index in [1.807, 2.05) is 48.7 Å². The summed E-state index contributed by atoms with van der Waals surface area (Å²) in [6.45, 7) is 3.06. The van der Waals surface area contributed by atoms with Crippen LogP contribution in [0.25, 0.3) is 17.1 Å². The van der Waals surface area contributed by atoms with E-state index in [0.29, 0.717) is 41.9 Å². The summed E-state index contributed by atoms with van der Waals surface area (Å²) in [5.74, 6) is 1.86. The fraction of sp³-hybridized carbons (Fsp3) is 0.182. The molecule has 1 N–H and O–H groups in total. The molecule has 0 atom stereocenters. The Morgan fingerprint density at radius 2 is 2.06 bits per heavy atom. The highest BCUT2D eigenvalue weighted by atomic mass is 32.1. The van der Waals surface area contributed by atoms with Gasteiger partial charge in [0.2, 0.25) is 0 Å². The fourth-order valence-corrected chi connectivity index (χ4v) is 4.13. The van der Waals surface area contributed by atoms with Crippen LogP contribution in [0.4, 0.5) is 5.13 Å². The van der Waals surface area contributed by atoms with Crippen molar-refractivity contribution in [3.8, 4) is 28.6 Å². The Morgan fingerprint density at radius 1 is 1.19 bits per heavy atom. The van der Waals surface area contributed by atoms with Gasteiger partial charge in [-0.2, -0.15) is 5.10 Å². The predicted octanol–water partition coefficient (Wildman–Crippen LogP) is 3.98. The molecule has 1 amide bonds. The Hall–Kier alpha value is -3.72. The van der Waals surface area contributed by atoms with Crippen LogP contribution in [0.2, 0.25) is 0 Å². The van der Waals surface area contributed by atoms with Gasteiger partial charge < -0.3 is 9.47 Å². The Morgan fingerprint density at radius 3 is 2.87 bits per heavy atom. The first-order chi connectivity index (χ1) is 15.2. The monoisotopic (exact) mass is 433 g/mol. The Bertz CT molecular complexity index is 1240. The molecule has 3 aromatic heterocycles. The van der Waals surface area contributed by atoms with Crippen molar-refractivity contribution in [1.82, 2.24) is 19.7 Å². The lowest BCUT2D eigenvalue weighted by Gasteiger charge is -2.18. The van der Waals surface area contributed by atoms with E-state index >= 15 is 0 Å². The molecule has 0 unspecified atom stereocenters. The number of hydrogen-bond donors (Lipinski definition) is 1. The molecule has 4 aromatic rings. The minimum absolute atomic E-state index is 0.248. The van der Waals surface area contributed by atoms with E-state index in [1.54, 1.807) is 17.1 Å². The van der Waals surface area contributed by atoms with Crippen LogP contribution in [0, 0.1) is 0 Å². The number of benzene rings is 1. The summed E-state index contributed by atoms with van der Waals surface area (Å²) in [5.41, 5.74) is 2.96. The van der Waals surface area contributed by atoms with Crippen LogP contribution >= 0.6 is 11.3 Å². The first-order valence-electron chi connectivity index (χ1n) is 9.88. The highest BCUT2D eigenvalue weighted by Gasteiger charge is 2.19. The van der Waals surface area contributed by atoms with Crippen molar-refractivity contribution in [3.05, 3.63) is 65.4 Å². The third kappa shape index (κ3) is 3.75. The van der Waals surface area contributed by atoms with Crippen LogP contribution in [0.1, 0.15) is 23.0 Å². The summed E-state index contributed by atoms with van der Waals surface area (Å²) in [5, 5.41) is 9.67. The number of ether oxygens (including phenoxy) is 2. The van der Waals surface area contributed by atoms with Crippen molar-refractivity contribution in [1.29, 1.82) is 0 Å². The molecule has 0 saturated heterocycles. The molecule has 0 spiro atoms. The maximum Gasteiger partial charge on any atom is 0.260 e. The van der Waals surface area contributed by atoms with Gasteiger partial charge in [0.1, 0.15) is 13.2 Å². The summed E-state index contributed by atoms with van der Waals surface area (Å²) in [7, 11) is 0. The normalized spacial score (nSPS) is 12.5. The quantitative estimate of drug-likeness (QED) is 0.512. The number of nitrogens with zero attached hydrogens (tertiary/aromatic N) is 4. The number of amides is 1. The highest BCUT2D eigenvalue weighted by molar-refractivity contribution is 7.14. The first-order valence-corrected chi connectivity index (χ1v) is 10.8. The second-order valence-electron chi connectivity index (χ2n) is 6.81. The Balaban J connectivity index is 1.36. The Kier molecular flexibility index (Phi) is 5.09. The van der Waals surface area contributed by atoms with E-state index in [-0.39, 0.29) is 5.91 Å². The molecule has 1 aliphatic rings. The lowest BCUT2D eigenvalue weighted by atomic mass is 10.1. The molecule has 0 bridgehead atoms. The van der Waals surface area contributed by atoms with Crippen molar-refractivity contribution >= 4 is 22.4 Å². The third-order valence-corrected chi connectivity index (χ3v) is 5.63. The molecule has 31 heavy (non-hydrogen) atoms. The summed E-state index contributed by atoms with van der Waals surface area (Å²) < 4.78 is 12.9. The third-order valence-electron chi connectivity index (χ3n) is 4.88. The van der Waals surface area contributed by atoms with Gasteiger partial charge in [0.05, 0.1) is 23.1 Å². The van der Waals surface area contributed by atoms with Crippen molar-refractivity contribution in [2.45, 2.75) is 13.3 Å². The van der Waals surface area contributed by atoms with Crippen LogP contribution < -0.4 is 14.8 Å². The predicted molar refractivity (Wildman–Crippen MR) is 117 cm³/mol. The molecule has 5 rings (SSSR count). The molecule has 156 valence electrons.